The molecule has 2 rings (SSSR count). The molecule has 0 aliphatic rings. The van der Waals surface area contributed by atoms with Crippen molar-refractivity contribution in [1.29, 1.82) is 0 Å². The van der Waals surface area contributed by atoms with E-state index in [0.29, 0.717) is 25.4 Å². The standard InChI is InChI=1S/C18H25FN4OS.HI/c1-4-20-18(21-9-8-17-23-13(2)14(3)25-17)22-10-11-24-16-7-5-6-15(19)12-16;/h5-7,12H,4,8-11H2,1-3H3,(H2,20,21,22);1H. The normalized spacial score (nSPS) is 11.0. The molecule has 2 N–H and O–H groups in total. The summed E-state index contributed by atoms with van der Waals surface area (Å²) in [4.78, 5) is 10.3. The summed E-state index contributed by atoms with van der Waals surface area (Å²) in [6.07, 6.45) is 0.829. The van der Waals surface area contributed by atoms with E-state index < -0.39 is 0 Å². The Morgan fingerprint density at radius 3 is 2.77 bits per heavy atom. The lowest BCUT2D eigenvalue weighted by Gasteiger charge is -2.12. The van der Waals surface area contributed by atoms with Gasteiger partial charge in [-0.25, -0.2) is 9.37 Å². The quantitative estimate of drug-likeness (QED) is 0.256. The van der Waals surface area contributed by atoms with E-state index in [2.05, 4.69) is 27.5 Å². The zero-order valence-corrected chi connectivity index (χ0v) is 18.5. The molecule has 1 heterocycles. The fourth-order valence-corrected chi connectivity index (χ4v) is 3.07. The van der Waals surface area contributed by atoms with Crippen molar-refractivity contribution in [2.75, 3.05) is 26.2 Å². The lowest BCUT2D eigenvalue weighted by atomic mass is 10.3. The molecular weight excluding hydrogens is 466 g/mol. The van der Waals surface area contributed by atoms with Crippen molar-refractivity contribution in [2.24, 2.45) is 4.99 Å². The summed E-state index contributed by atoms with van der Waals surface area (Å²) >= 11 is 1.73. The number of ether oxygens (including phenoxy) is 1. The Balaban J connectivity index is 0.00000338. The molecule has 0 spiro atoms. The molecule has 2 aromatic rings. The van der Waals surface area contributed by atoms with Gasteiger partial charge in [-0.05, 0) is 32.9 Å². The molecule has 0 aliphatic heterocycles. The molecule has 0 saturated heterocycles. The minimum Gasteiger partial charge on any atom is -0.492 e. The Labute approximate surface area is 175 Å². The highest BCUT2D eigenvalue weighted by Crippen LogP contribution is 2.16. The van der Waals surface area contributed by atoms with Gasteiger partial charge >= 0.3 is 0 Å². The fraction of sp³-hybridized carbons (Fsp3) is 0.444. The zero-order valence-electron chi connectivity index (χ0n) is 15.3. The summed E-state index contributed by atoms with van der Waals surface area (Å²) in [5.74, 6) is 0.974. The Kier molecular flexibility index (Phi) is 10.5. The van der Waals surface area contributed by atoms with Crippen molar-refractivity contribution in [3.05, 3.63) is 45.7 Å². The number of nitrogens with zero attached hydrogens (tertiary/aromatic N) is 2. The number of rotatable bonds is 8. The molecule has 26 heavy (non-hydrogen) atoms. The fourth-order valence-electron chi connectivity index (χ4n) is 2.15. The van der Waals surface area contributed by atoms with Gasteiger partial charge in [0, 0.05) is 30.5 Å². The van der Waals surface area contributed by atoms with E-state index >= 15 is 0 Å². The molecule has 0 bridgehead atoms. The lowest BCUT2D eigenvalue weighted by molar-refractivity contribution is 0.320. The first kappa shape index (κ1) is 22.6. The second-order valence-corrected chi connectivity index (χ2v) is 6.78. The van der Waals surface area contributed by atoms with Crippen LogP contribution in [-0.2, 0) is 6.42 Å². The van der Waals surface area contributed by atoms with Gasteiger partial charge in [-0.15, -0.1) is 35.3 Å². The van der Waals surface area contributed by atoms with Gasteiger partial charge in [0.1, 0.15) is 18.2 Å². The summed E-state index contributed by atoms with van der Waals surface area (Å²) < 4.78 is 18.6. The maximum absolute atomic E-state index is 13.1. The van der Waals surface area contributed by atoms with Crippen molar-refractivity contribution in [3.8, 4) is 5.75 Å². The van der Waals surface area contributed by atoms with Gasteiger partial charge < -0.3 is 15.4 Å². The molecule has 144 valence electrons. The Hall–Kier alpha value is -1.42. The molecule has 0 fully saturated rings. The second-order valence-electron chi connectivity index (χ2n) is 5.49. The molecule has 1 aromatic heterocycles. The number of guanidine groups is 1. The van der Waals surface area contributed by atoms with Crippen LogP contribution in [0.15, 0.2) is 29.3 Å². The van der Waals surface area contributed by atoms with Crippen LogP contribution in [0.3, 0.4) is 0 Å². The van der Waals surface area contributed by atoms with E-state index in [1.165, 1.54) is 17.0 Å². The van der Waals surface area contributed by atoms with Gasteiger partial charge in [0.15, 0.2) is 5.96 Å². The zero-order chi connectivity index (χ0) is 18.1. The number of aryl methyl sites for hydroxylation is 2. The summed E-state index contributed by atoms with van der Waals surface area (Å²) in [7, 11) is 0. The van der Waals surface area contributed by atoms with Crippen LogP contribution in [0.25, 0.3) is 0 Å². The highest BCUT2D eigenvalue weighted by molar-refractivity contribution is 14.0. The van der Waals surface area contributed by atoms with Crippen molar-refractivity contribution >= 4 is 41.3 Å². The largest absolute Gasteiger partial charge is 0.492 e. The van der Waals surface area contributed by atoms with E-state index in [0.717, 1.165) is 29.6 Å². The topological polar surface area (TPSA) is 58.5 Å². The average molecular weight is 492 g/mol. The predicted octanol–water partition coefficient (Wildman–Crippen LogP) is 3.69. The number of hydrogen-bond donors (Lipinski definition) is 2. The number of halogens is 2. The second kappa shape index (κ2) is 12.1. The van der Waals surface area contributed by atoms with E-state index in [-0.39, 0.29) is 29.8 Å². The van der Waals surface area contributed by atoms with Gasteiger partial charge in [-0.3, -0.25) is 4.99 Å². The van der Waals surface area contributed by atoms with Crippen LogP contribution < -0.4 is 15.4 Å². The number of hydrogen-bond acceptors (Lipinski definition) is 4. The maximum atomic E-state index is 13.1. The van der Waals surface area contributed by atoms with E-state index in [9.17, 15) is 4.39 Å². The Bertz CT molecular complexity index is 689. The summed E-state index contributed by atoms with van der Waals surface area (Å²) in [5, 5.41) is 7.53. The first-order chi connectivity index (χ1) is 12.1. The van der Waals surface area contributed by atoms with Gasteiger partial charge in [0.2, 0.25) is 0 Å². The van der Waals surface area contributed by atoms with Gasteiger partial charge in [-0.2, -0.15) is 0 Å². The van der Waals surface area contributed by atoms with Crippen LogP contribution in [0.1, 0.15) is 22.5 Å². The summed E-state index contributed by atoms with van der Waals surface area (Å²) in [6, 6.07) is 6.13. The van der Waals surface area contributed by atoms with Crippen LogP contribution in [0.2, 0.25) is 0 Å². The van der Waals surface area contributed by atoms with Crippen molar-refractivity contribution in [1.82, 2.24) is 15.6 Å². The molecule has 0 unspecified atom stereocenters. The molecule has 0 radical (unpaired) electrons. The average Bonchev–Trinajstić information content (AvgIpc) is 2.89. The van der Waals surface area contributed by atoms with Crippen molar-refractivity contribution < 1.29 is 9.13 Å². The van der Waals surface area contributed by atoms with Crippen molar-refractivity contribution in [2.45, 2.75) is 27.2 Å². The first-order valence-corrected chi connectivity index (χ1v) is 9.23. The minimum absolute atomic E-state index is 0. The highest BCUT2D eigenvalue weighted by Gasteiger charge is 2.03. The summed E-state index contributed by atoms with van der Waals surface area (Å²) in [6.45, 7) is 8.61. The van der Waals surface area contributed by atoms with Crippen LogP contribution in [0.4, 0.5) is 4.39 Å². The van der Waals surface area contributed by atoms with Crippen LogP contribution >= 0.6 is 35.3 Å². The SMILES string of the molecule is CCNC(=NCCc1nc(C)c(C)s1)NCCOc1cccc(F)c1.I. The number of nitrogens with one attached hydrogen (secondary N) is 2. The minimum atomic E-state index is -0.298. The highest BCUT2D eigenvalue weighted by atomic mass is 127. The Morgan fingerprint density at radius 1 is 1.31 bits per heavy atom. The third kappa shape index (κ3) is 7.86. The van der Waals surface area contributed by atoms with Gasteiger partial charge in [-0.1, -0.05) is 6.07 Å². The summed E-state index contributed by atoms with van der Waals surface area (Å²) in [5.41, 5.74) is 1.10. The third-order valence-electron chi connectivity index (χ3n) is 3.47. The number of benzene rings is 1. The number of thiazole rings is 1. The molecule has 0 amide bonds. The first-order valence-electron chi connectivity index (χ1n) is 8.42. The smallest absolute Gasteiger partial charge is 0.191 e. The molecule has 5 nitrogen and oxygen atoms in total. The molecule has 0 atom stereocenters. The number of aliphatic imine (C=N–C) groups is 1. The molecule has 0 aliphatic carbocycles. The molecular formula is C18H26FIN4OS. The van der Waals surface area contributed by atoms with E-state index in [1.54, 1.807) is 23.5 Å². The van der Waals surface area contributed by atoms with Crippen LogP contribution in [0, 0.1) is 19.7 Å². The monoisotopic (exact) mass is 492 g/mol. The van der Waals surface area contributed by atoms with Gasteiger partial charge in [0.25, 0.3) is 0 Å². The maximum Gasteiger partial charge on any atom is 0.191 e. The van der Waals surface area contributed by atoms with Crippen LogP contribution in [-0.4, -0.2) is 37.2 Å². The molecule has 0 saturated carbocycles. The van der Waals surface area contributed by atoms with Gasteiger partial charge in [0.05, 0.1) is 17.2 Å². The third-order valence-corrected chi connectivity index (χ3v) is 4.60. The molecule has 1 aromatic carbocycles. The Morgan fingerprint density at radius 2 is 2.12 bits per heavy atom. The van der Waals surface area contributed by atoms with Crippen LogP contribution in [0.5, 0.6) is 5.75 Å². The lowest BCUT2D eigenvalue weighted by Crippen LogP contribution is -2.39. The van der Waals surface area contributed by atoms with E-state index in [4.69, 9.17) is 4.74 Å². The predicted molar refractivity (Wildman–Crippen MR) is 117 cm³/mol. The molecule has 8 heteroatoms. The van der Waals surface area contributed by atoms with E-state index in [1.807, 2.05) is 13.8 Å². The van der Waals surface area contributed by atoms with Crippen molar-refractivity contribution in [3.63, 3.8) is 0 Å². The number of aromatic nitrogens is 1.